The van der Waals surface area contributed by atoms with Crippen molar-refractivity contribution in [3.8, 4) is 22.4 Å². The van der Waals surface area contributed by atoms with Gasteiger partial charge in [-0.2, -0.15) is 0 Å². The fourth-order valence-corrected chi connectivity index (χ4v) is 5.41. The van der Waals surface area contributed by atoms with Crippen molar-refractivity contribution in [2.24, 2.45) is 7.05 Å². The highest BCUT2D eigenvalue weighted by Crippen LogP contribution is 2.56. The summed E-state index contributed by atoms with van der Waals surface area (Å²) in [7, 11) is 2.14. The average molecular weight is 407 g/mol. The van der Waals surface area contributed by atoms with Crippen LogP contribution in [0, 0.1) is 13.8 Å². The van der Waals surface area contributed by atoms with Crippen molar-refractivity contribution in [2.45, 2.75) is 52.4 Å². The van der Waals surface area contributed by atoms with Gasteiger partial charge in [-0.1, -0.05) is 70.2 Å². The number of aryl methyl sites for hydroxylation is 3. The molecule has 1 aromatic heterocycles. The minimum atomic E-state index is 0.00262. The van der Waals surface area contributed by atoms with Crippen molar-refractivity contribution in [1.82, 2.24) is 0 Å². The fraction of sp³-hybridized carbons (Fsp3) is 0.300. The molecule has 0 fully saturated rings. The second-order valence-electron chi connectivity index (χ2n) is 10.4. The van der Waals surface area contributed by atoms with Crippen molar-refractivity contribution >= 4 is 10.8 Å². The SMILES string of the molecule is Cc1cc[n+](C)c(-c2cc3c(cc2C)-c2c(ccc4ccccc24)C(C)(C)C3(C)C)c1. The van der Waals surface area contributed by atoms with Gasteiger partial charge in [0.05, 0.1) is 0 Å². The first-order valence-electron chi connectivity index (χ1n) is 11.3. The monoisotopic (exact) mass is 406 g/mol. The molecule has 0 saturated heterocycles. The normalized spacial score (nSPS) is 16.1. The van der Waals surface area contributed by atoms with Crippen LogP contribution in [0.3, 0.4) is 0 Å². The van der Waals surface area contributed by atoms with Crippen LogP contribution >= 0.6 is 0 Å². The molecular weight excluding hydrogens is 374 g/mol. The lowest BCUT2D eigenvalue weighted by atomic mass is 9.54. The smallest absolute Gasteiger partial charge is 0.201 e. The van der Waals surface area contributed by atoms with Crippen molar-refractivity contribution in [1.29, 1.82) is 0 Å². The predicted octanol–water partition coefficient (Wildman–Crippen LogP) is 7.18. The first-order valence-corrected chi connectivity index (χ1v) is 11.3. The lowest BCUT2D eigenvalue weighted by molar-refractivity contribution is -0.660. The Hall–Kier alpha value is -2.93. The molecule has 5 rings (SSSR count). The van der Waals surface area contributed by atoms with Crippen LogP contribution in [-0.4, -0.2) is 0 Å². The first-order chi connectivity index (χ1) is 14.6. The van der Waals surface area contributed by atoms with E-state index in [-0.39, 0.29) is 10.8 Å². The van der Waals surface area contributed by atoms with Gasteiger partial charge in [-0.3, -0.25) is 0 Å². The Bertz CT molecular complexity index is 1350. The molecule has 31 heavy (non-hydrogen) atoms. The van der Waals surface area contributed by atoms with Gasteiger partial charge in [0.2, 0.25) is 5.69 Å². The standard InChI is InChI=1S/C30H32N/c1-19-14-15-31(7)27(16-19)23-18-26-24(17-20(23)2)28-22-11-9-8-10-21(22)12-13-25(28)29(3,4)30(26,5)6/h8-18H,1-7H3/q+1. The van der Waals surface area contributed by atoms with Crippen LogP contribution in [-0.2, 0) is 17.9 Å². The lowest BCUT2D eigenvalue weighted by Gasteiger charge is -2.49. The average Bonchev–Trinajstić information content (AvgIpc) is 2.73. The molecule has 0 N–H and O–H groups in total. The Labute approximate surface area is 186 Å². The lowest BCUT2D eigenvalue weighted by Crippen LogP contribution is -2.43. The third-order valence-corrected chi connectivity index (χ3v) is 8.05. The highest BCUT2D eigenvalue weighted by atomic mass is 14.9. The quantitative estimate of drug-likeness (QED) is 0.295. The van der Waals surface area contributed by atoms with Crippen LogP contribution in [0.25, 0.3) is 33.2 Å². The number of rotatable bonds is 1. The van der Waals surface area contributed by atoms with E-state index in [0.29, 0.717) is 0 Å². The van der Waals surface area contributed by atoms with Gasteiger partial charge in [-0.05, 0) is 74.9 Å². The molecule has 156 valence electrons. The minimum absolute atomic E-state index is 0.00262. The van der Waals surface area contributed by atoms with Crippen molar-refractivity contribution in [2.75, 3.05) is 0 Å². The number of aromatic nitrogens is 1. The van der Waals surface area contributed by atoms with Crippen LogP contribution < -0.4 is 4.57 Å². The molecule has 1 heterocycles. The summed E-state index contributed by atoms with van der Waals surface area (Å²) in [5, 5.41) is 2.67. The Kier molecular flexibility index (Phi) is 4.21. The summed E-state index contributed by atoms with van der Waals surface area (Å²) in [6, 6.07) is 22.9. The van der Waals surface area contributed by atoms with E-state index in [9.17, 15) is 0 Å². The van der Waals surface area contributed by atoms with Gasteiger partial charge in [0.15, 0.2) is 6.20 Å². The van der Waals surface area contributed by atoms with Crippen molar-refractivity contribution < 1.29 is 4.57 Å². The number of hydrogen-bond donors (Lipinski definition) is 0. The summed E-state index contributed by atoms with van der Waals surface area (Å²) < 4.78 is 2.24. The Morgan fingerprint density at radius 2 is 1.42 bits per heavy atom. The highest BCUT2D eigenvalue weighted by Gasteiger charge is 2.46. The summed E-state index contributed by atoms with van der Waals surface area (Å²) in [4.78, 5) is 0. The van der Waals surface area contributed by atoms with Crippen LogP contribution in [0.5, 0.6) is 0 Å². The predicted molar refractivity (Wildman–Crippen MR) is 132 cm³/mol. The molecule has 0 aliphatic heterocycles. The number of benzene rings is 3. The largest absolute Gasteiger partial charge is 0.212 e. The molecule has 3 aromatic carbocycles. The number of pyridine rings is 1. The van der Waals surface area contributed by atoms with Gasteiger partial charge in [-0.15, -0.1) is 0 Å². The molecule has 1 aliphatic carbocycles. The molecule has 0 spiro atoms. The molecular formula is C30H32N+. The minimum Gasteiger partial charge on any atom is -0.201 e. The molecule has 0 unspecified atom stereocenters. The molecule has 0 bridgehead atoms. The summed E-state index contributed by atoms with van der Waals surface area (Å²) in [5.41, 5.74) is 11.0. The van der Waals surface area contributed by atoms with Crippen LogP contribution in [0.15, 0.2) is 66.9 Å². The van der Waals surface area contributed by atoms with E-state index in [1.54, 1.807) is 0 Å². The van der Waals surface area contributed by atoms with E-state index < -0.39 is 0 Å². The zero-order valence-electron chi connectivity index (χ0n) is 19.8. The fourth-order valence-electron chi connectivity index (χ4n) is 5.41. The number of hydrogen-bond acceptors (Lipinski definition) is 0. The van der Waals surface area contributed by atoms with Gasteiger partial charge in [0.1, 0.15) is 7.05 Å². The van der Waals surface area contributed by atoms with E-state index in [2.05, 4.69) is 120 Å². The maximum atomic E-state index is 2.48. The van der Waals surface area contributed by atoms with E-state index >= 15 is 0 Å². The highest BCUT2D eigenvalue weighted by molar-refractivity contribution is 6.01. The summed E-state index contributed by atoms with van der Waals surface area (Å²) >= 11 is 0. The zero-order valence-corrected chi connectivity index (χ0v) is 19.8. The van der Waals surface area contributed by atoms with Crippen LogP contribution in [0.1, 0.15) is 49.9 Å². The molecule has 0 saturated carbocycles. The first kappa shape index (κ1) is 20.0. The summed E-state index contributed by atoms with van der Waals surface area (Å²) in [5.74, 6) is 0. The molecule has 1 heteroatoms. The van der Waals surface area contributed by atoms with Gasteiger partial charge in [0, 0.05) is 17.7 Å². The van der Waals surface area contributed by atoms with Crippen molar-refractivity contribution in [3.05, 3.63) is 89.1 Å². The summed E-state index contributed by atoms with van der Waals surface area (Å²) in [6.45, 7) is 14.1. The van der Waals surface area contributed by atoms with Crippen LogP contribution in [0.2, 0.25) is 0 Å². The maximum Gasteiger partial charge on any atom is 0.212 e. The van der Waals surface area contributed by atoms with E-state index in [4.69, 9.17) is 0 Å². The Morgan fingerprint density at radius 1 is 0.710 bits per heavy atom. The van der Waals surface area contributed by atoms with Gasteiger partial charge >= 0.3 is 0 Å². The van der Waals surface area contributed by atoms with E-state index in [0.717, 1.165) is 0 Å². The molecule has 1 aliphatic rings. The van der Waals surface area contributed by atoms with E-state index in [1.807, 2.05) is 0 Å². The third-order valence-electron chi connectivity index (χ3n) is 8.05. The Balaban J connectivity index is 1.90. The second kappa shape index (κ2) is 6.53. The van der Waals surface area contributed by atoms with Gasteiger partial charge in [-0.25, -0.2) is 4.57 Å². The Morgan fingerprint density at radius 3 is 2.19 bits per heavy atom. The molecule has 0 amide bonds. The van der Waals surface area contributed by atoms with Crippen LogP contribution in [0.4, 0.5) is 0 Å². The summed E-state index contributed by atoms with van der Waals surface area (Å²) in [6.07, 6.45) is 2.17. The number of nitrogens with zero attached hydrogens (tertiary/aromatic N) is 1. The van der Waals surface area contributed by atoms with Gasteiger partial charge in [0.25, 0.3) is 0 Å². The van der Waals surface area contributed by atoms with E-state index in [1.165, 1.54) is 55.4 Å². The topological polar surface area (TPSA) is 3.88 Å². The van der Waals surface area contributed by atoms with Gasteiger partial charge < -0.3 is 0 Å². The maximum absolute atomic E-state index is 2.48. The second-order valence-corrected chi connectivity index (χ2v) is 10.4. The molecule has 1 nitrogen and oxygen atoms in total. The third kappa shape index (κ3) is 2.72. The zero-order chi connectivity index (χ0) is 22.1. The molecule has 4 aromatic rings. The van der Waals surface area contributed by atoms with Crippen molar-refractivity contribution in [3.63, 3.8) is 0 Å². The number of fused-ring (bicyclic) bond motifs is 5. The molecule has 0 atom stereocenters. The molecule has 0 radical (unpaired) electrons.